The Morgan fingerprint density at radius 3 is 2.42 bits per heavy atom. The van der Waals surface area contributed by atoms with Crippen molar-refractivity contribution < 1.29 is 27.8 Å². The van der Waals surface area contributed by atoms with Crippen LogP contribution in [0.15, 0.2) is 42.5 Å². The van der Waals surface area contributed by atoms with Crippen molar-refractivity contribution in [2.75, 3.05) is 26.5 Å². The van der Waals surface area contributed by atoms with E-state index in [-0.39, 0.29) is 23.0 Å². The molecule has 6 nitrogen and oxygen atoms in total. The predicted octanol–water partition coefficient (Wildman–Crippen LogP) is 3.25. The molecule has 2 aromatic carbocycles. The van der Waals surface area contributed by atoms with Crippen molar-refractivity contribution in [3.63, 3.8) is 0 Å². The van der Waals surface area contributed by atoms with Gasteiger partial charge in [0.25, 0.3) is 11.8 Å². The monoisotopic (exact) mass is 364 g/mol. The number of anilines is 1. The van der Waals surface area contributed by atoms with Gasteiger partial charge in [-0.05, 0) is 30.3 Å². The molecule has 2 amide bonds. The van der Waals surface area contributed by atoms with Gasteiger partial charge in [-0.3, -0.25) is 9.59 Å². The molecule has 0 fully saturated rings. The van der Waals surface area contributed by atoms with Crippen LogP contribution in [0, 0.1) is 0 Å². The van der Waals surface area contributed by atoms with Crippen molar-refractivity contribution in [3.8, 4) is 11.5 Å². The molecule has 0 bridgehead atoms. The van der Waals surface area contributed by atoms with Crippen molar-refractivity contribution in [2.45, 2.75) is 6.61 Å². The molecule has 0 heterocycles. The maximum Gasteiger partial charge on any atom is 0.387 e. The number of benzene rings is 2. The molecule has 0 aliphatic rings. The summed E-state index contributed by atoms with van der Waals surface area (Å²) >= 11 is 0. The molecule has 2 aromatic rings. The van der Waals surface area contributed by atoms with E-state index in [4.69, 9.17) is 4.74 Å². The lowest BCUT2D eigenvalue weighted by Gasteiger charge is -2.15. The Hall–Kier alpha value is -3.16. The smallest absolute Gasteiger partial charge is 0.387 e. The highest BCUT2D eigenvalue weighted by Gasteiger charge is 2.20. The first-order valence-corrected chi connectivity index (χ1v) is 7.58. The molecule has 138 valence electrons. The second-order valence-corrected chi connectivity index (χ2v) is 5.45. The average molecular weight is 364 g/mol. The van der Waals surface area contributed by atoms with Gasteiger partial charge >= 0.3 is 6.61 Å². The Morgan fingerprint density at radius 2 is 1.81 bits per heavy atom. The lowest BCUT2D eigenvalue weighted by atomic mass is 10.1. The summed E-state index contributed by atoms with van der Waals surface area (Å²) in [5, 5.41) is 2.57. The Balaban J connectivity index is 2.31. The number of ether oxygens (including phenoxy) is 2. The Labute approximate surface area is 149 Å². The summed E-state index contributed by atoms with van der Waals surface area (Å²) < 4.78 is 34.8. The highest BCUT2D eigenvalue weighted by atomic mass is 19.3. The zero-order valence-corrected chi connectivity index (χ0v) is 14.5. The topological polar surface area (TPSA) is 67.9 Å². The van der Waals surface area contributed by atoms with E-state index in [9.17, 15) is 18.4 Å². The fourth-order valence-corrected chi connectivity index (χ4v) is 2.25. The number of hydrogen-bond donors (Lipinski definition) is 1. The minimum absolute atomic E-state index is 0.00878. The number of halogens is 2. The summed E-state index contributed by atoms with van der Waals surface area (Å²) in [6, 6.07) is 10.5. The lowest BCUT2D eigenvalue weighted by molar-refractivity contribution is -0.0515. The van der Waals surface area contributed by atoms with Gasteiger partial charge in [0, 0.05) is 25.3 Å². The molecule has 1 N–H and O–H groups in total. The standard InChI is InChI=1S/C18H18F2N2O4/c1-22(2)17(24)11-6-4-7-12(10-11)21-16(23)13-8-5-9-14(25-3)15(13)26-18(19)20/h4-10,18H,1-3H3,(H,21,23). The van der Waals surface area contributed by atoms with Gasteiger partial charge in [0.15, 0.2) is 11.5 Å². The largest absolute Gasteiger partial charge is 0.493 e. The van der Waals surface area contributed by atoms with Crippen molar-refractivity contribution in [1.82, 2.24) is 4.90 Å². The summed E-state index contributed by atoms with van der Waals surface area (Å²) in [5.41, 5.74) is 0.602. The summed E-state index contributed by atoms with van der Waals surface area (Å²) in [7, 11) is 4.50. The fourth-order valence-electron chi connectivity index (χ4n) is 2.25. The van der Waals surface area contributed by atoms with E-state index in [0.717, 1.165) is 0 Å². The molecule has 0 spiro atoms. The zero-order chi connectivity index (χ0) is 19.3. The van der Waals surface area contributed by atoms with Crippen molar-refractivity contribution in [2.24, 2.45) is 0 Å². The Kier molecular flexibility index (Phi) is 6.11. The molecule has 0 saturated carbocycles. The third kappa shape index (κ3) is 4.47. The minimum atomic E-state index is -3.11. The third-order valence-electron chi connectivity index (χ3n) is 3.42. The molecule has 2 rings (SSSR count). The number of carbonyl (C=O) groups is 2. The number of alkyl halides is 2. The maximum atomic E-state index is 12.7. The van der Waals surface area contributed by atoms with Crippen LogP contribution in [0.5, 0.6) is 11.5 Å². The second-order valence-electron chi connectivity index (χ2n) is 5.45. The van der Waals surface area contributed by atoms with Crippen LogP contribution in [0.1, 0.15) is 20.7 Å². The van der Waals surface area contributed by atoms with Crippen LogP contribution in [0.4, 0.5) is 14.5 Å². The molecule has 0 atom stereocenters. The van der Waals surface area contributed by atoms with E-state index in [1.54, 1.807) is 32.3 Å². The van der Waals surface area contributed by atoms with E-state index in [1.807, 2.05) is 0 Å². The van der Waals surface area contributed by atoms with E-state index in [2.05, 4.69) is 10.1 Å². The molecule has 0 radical (unpaired) electrons. The van der Waals surface area contributed by atoms with E-state index in [0.29, 0.717) is 11.3 Å². The molecule has 0 saturated heterocycles. The minimum Gasteiger partial charge on any atom is -0.493 e. The van der Waals surface area contributed by atoms with Gasteiger partial charge in [0.1, 0.15) is 0 Å². The van der Waals surface area contributed by atoms with Crippen LogP contribution in [-0.2, 0) is 0 Å². The van der Waals surface area contributed by atoms with Gasteiger partial charge in [-0.1, -0.05) is 12.1 Å². The Bertz CT molecular complexity index is 810. The number of nitrogens with zero attached hydrogens (tertiary/aromatic N) is 1. The number of para-hydroxylation sites is 1. The quantitative estimate of drug-likeness (QED) is 0.854. The van der Waals surface area contributed by atoms with Gasteiger partial charge in [0.2, 0.25) is 0 Å². The van der Waals surface area contributed by atoms with Gasteiger partial charge in [0.05, 0.1) is 12.7 Å². The fraction of sp³-hybridized carbons (Fsp3) is 0.222. The molecular weight excluding hydrogens is 346 g/mol. The van der Waals surface area contributed by atoms with Crippen LogP contribution < -0.4 is 14.8 Å². The van der Waals surface area contributed by atoms with Crippen LogP contribution in [-0.4, -0.2) is 44.5 Å². The number of methoxy groups -OCH3 is 1. The third-order valence-corrected chi connectivity index (χ3v) is 3.42. The summed E-state index contributed by atoms with van der Waals surface area (Å²) in [4.78, 5) is 25.9. The molecule has 0 aliphatic carbocycles. The molecular formula is C18H18F2N2O4. The summed E-state index contributed by atoms with van der Waals surface area (Å²) in [5.74, 6) is -1.25. The van der Waals surface area contributed by atoms with Crippen LogP contribution in [0.25, 0.3) is 0 Å². The number of carbonyl (C=O) groups excluding carboxylic acids is 2. The lowest BCUT2D eigenvalue weighted by Crippen LogP contribution is -2.22. The first-order valence-electron chi connectivity index (χ1n) is 7.58. The van der Waals surface area contributed by atoms with Crippen LogP contribution in [0.3, 0.4) is 0 Å². The molecule has 8 heteroatoms. The normalized spacial score (nSPS) is 10.4. The second kappa shape index (κ2) is 8.28. The van der Waals surface area contributed by atoms with E-state index < -0.39 is 12.5 Å². The van der Waals surface area contributed by atoms with Crippen LogP contribution >= 0.6 is 0 Å². The van der Waals surface area contributed by atoms with Crippen molar-refractivity contribution in [3.05, 3.63) is 53.6 Å². The molecule has 0 unspecified atom stereocenters. The molecule has 0 aromatic heterocycles. The molecule has 26 heavy (non-hydrogen) atoms. The van der Waals surface area contributed by atoms with Crippen molar-refractivity contribution in [1.29, 1.82) is 0 Å². The first kappa shape index (κ1) is 19.2. The van der Waals surface area contributed by atoms with Crippen LogP contribution in [0.2, 0.25) is 0 Å². The highest BCUT2D eigenvalue weighted by molar-refractivity contribution is 6.07. The number of amides is 2. The zero-order valence-electron chi connectivity index (χ0n) is 14.5. The maximum absolute atomic E-state index is 12.7. The Morgan fingerprint density at radius 1 is 1.12 bits per heavy atom. The van der Waals surface area contributed by atoms with Gasteiger partial charge in [-0.2, -0.15) is 8.78 Å². The van der Waals surface area contributed by atoms with E-state index in [1.165, 1.54) is 36.3 Å². The van der Waals surface area contributed by atoms with Gasteiger partial charge in [-0.15, -0.1) is 0 Å². The SMILES string of the molecule is COc1cccc(C(=O)Nc2cccc(C(=O)N(C)C)c2)c1OC(F)F. The van der Waals surface area contributed by atoms with Gasteiger partial charge < -0.3 is 19.7 Å². The summed E-state index contributed by atoms with van der Waals surface area (Å²) in [6.45, 7) is -3.11. The van der Waals surface area contributed by atoms with Crippen molar-refractivity contribution >= 4 is 17.5 Å². The average Bonchev–Trinajstić information content (AvgIpc) is 2.60. The predicted molar refractivity (Wildman–Crippen MR) is 92.0 cm³/mol. The highest BCUT2D eigenvalue weighted by Crippen LogP contribution is 2.33. The number of nitrogens with one attached hydrogen (secondary N) is 1. The number of rotatable bonds is 6. The first-order chi connectivity index (χ1) is 12.3. The van der Waals surface area contributed by atoms with Gasteiger partial charge in [-0.25, -0.2) is 0 Å². The number of hydrogen-bond acceptors (Lipinski definition) is 4. The molecule has 0 aliphatic heterocycles. The van der Waals surface area contributed by atoms with E-state index >= 15 is 0 Å². The summed E-state index contributed by atoms with van der Waals surface area (Å²) in [6.07, 6.45) is 0.